The van der Waals surface area contributed by atoms with Crippen molar-refractivity contribution in [1.29, 1.82) is 0 Å². The number of anilines is 1. The Kier molecular flexibility index (Phi) is 5.64. The molecule has 0 fully saturated rings. The first kappa shape index (κ1) is 18.7. The number of nitrogens with one attached hydrogen (secondary N) is 2. The molecular weight excluding hydrogens is 320 g/mol. The average molecular weight is 344 g/mol. The quantitative estimate of drug-likeness (QED) is 0.727. The normalized spacial score (nSPS) is 11.9. The number of aliphatic hydroxyl groups is 1. The van der Waals surface area contributed by atoms with Crippen LogP contribution >= 0.6 is 0 Å². The highest BCUT2D eigenvalue weighted by atomic mass is 16.5. The molecule has 0 aliphatic carbocycles. The number of carbonyl (C=O) groups excluding carboxylic acids is 2. The first-order valence-electron chi connectivity index (χ1n) is 8.11. The van der Waals surface area contributed by atoms with Gasteiger partial charge in [-0.1, -0.05) is 6.07 Å². The Morgan fingerprint density at radius 2 is 1.76 bits per heavy atom. The molecule has 0 aliphatic heterocycles. The van der Waals surface area contributed by atoms with E-state index >= 15 is 0 Å². The van der Waals surface area contributed by atoms with Crippen LogP contribution in [-0.2, 0) is 9.53 Å². The van der Waals surface area contributed by atoms with Gasteiger partial charge >= 0.3 is 5.97 Å². The third kappa shape index (κ3) is 4.48. The number of rotatable bonds is 5. The molecular formula is C19H24N2O4. The highest BCUT2D eigenvalue weighted by Gasteiger charge is 2.21. The first-order valence-corrected chi connectivity index (χ1v) is 8.11. The van der Waals surface area contributed by atoms with Crippen LogP contribution in [-0.4, -0.2) is 28.6 Å². The van der Waals surface area contributed by atoms with Gasteiger partial charge in [-0.25, -0.2) is 4.79 Å². The van der Waals surface area contributed by atoms with Gasteiger partial charge in [0.25, 0.3) is 5.91 Å². The molecule has 0 aliphatic rings. The molecule has 0 saturated heterocycles. The van der Waals surface area contributed by atoms with E-state index in [-0.39, 0.29) is 12.3 Å². The Bertz CT molecular complexity index is 786. The molecule has 1 aromatic heterocycles. The Morgan fingerprint density at radius 1 is 1.16 bits per heavy atom. The Balaban J connectivity index is 2.00. The van der Waals surface area contributed by atoms with Crippen LogP contribution in [0.25, 0.3) is 0 Å². The molecule has 6 nitrogen and oxygen atoms in total. The summed E-state index contributed by atoms with van der Waals surface area (Å²) in [6, 6.07) is 5.70. The minimum Gasteiger partial charge on any atom is -0.451 e. The fraction of sp³-hybridized carbons (Fsp3) is 0.368. The fourth-order valence-electron chi connectivity index (χ4n) is 3.04. The highest BCUT2D eigenvalue weighted by molar-refractivity contribution is 5.95. The number of benzene rings is 1. The molecule has 25 heavy (non-hydrogen) atoms. The zero-order chi connectivity index (χ0) is 18.7. The molecule has 0 spiro atoms. The van der Waals surface area contributed by atoms with E-state index in [0.717, 1.165) is 11.1 Å². The Hall–Kier alpha value is -2.60. The number of H-pyrrole nitrogens is 1. The van der Waals surface area contributed by atoms with Crippen LogP contribution in [0.1, 0.15) is 51.5 Å². The summed E-state index contributed by atoms with van der Waals surface area (Å²) >= 11 is 0. The second-order valence-electron chi connectivity index (χ2n) is 6.34. The summed E-state index contributed by atoms with van der Waals surface area (Å²) in [7, 11) is 0. The maximum Gasteiger partial charge on any atom is 0.355 e. The Labute approximate surface area is 147 Å². The van der Waals surface area contributed by atoms with E-state index in [1.165, 1.54) is 0 Å². The van der Waals surface area contributed by atoms with Gasteiger partial charge in [-0.15, -0.1) is 0 Å². The number of esters is 1. The highest BCUT2D eigenvalue weighted by Crippen LogP contribution is 2.24. The van der Waals surface area contributed by atoms with Crippen LogP contribution in [0.2, 0.25) is 0 Å². The number of aromatic amines is 1. The van der Waals surface area contributed by atoms with Crippen molar-refractivity contribution < 1.29 is 19.4 Å². The number of amides is 1. The van der Waals surface area contributed by atoms with Gasteiger partial charge in [0.15, 0.2) is 6.61 Å². The molecule has 3 N–H and O–H groups in total. The molecule has 0 bridgehead atoms. The van der Waals surface area contributed by atoms with Gasteiger partial charge in [0.05, 0.1) is 6.10 Å². The molecule has 134 valence electrons. The van der Waals surface area contributed by atoms with Crippen LogP contribution in [0, 0.1) is 27.7 Å². The second kappa shape index (κ2) is 7.53. The van der Waals surface area contributed by atoms with Crippen molar-refractivity contribution >= 4 is 17.6 Å². The second-order valence-corrected chi connectivity index (χ2v) is 6.34. The molecule has 1 amide bonds. The zero-order valence-electron chi connectivity index (χ0n) is 15.2. The van der Waals surface area contributed by atoms with Gasteiger partial charge in [0, 0.05) is 16.9 Å². The molecule has 1 aromatic carbocycles. The van der Waals surface area contributed by atoms with E-state index in [2.05, 4.69) is 10.3 Å². The van der Waals surface area contributed by atoms with Crippen LogP contribution in [0.5, 0.6) is 0 Å². The monoisotopic (exact) mass is 344 g/mol. The smallest absolute Gasteiger partial charge is 0.355 e. The minimum absolute atomic E-state index is 0.257. The summed E-state index contributed by atoms with van der Waals surface area (Å²) in [5, 5.41) is 12.5. The molecule has 1 atom stereocenters. The number of hydrogen-bond acceptors (Lipinski definition) is 4. The minimum atomic E-state index is -0.689. The number of hydrogen-bond donors (Lipinski definition) is 3. The first-order chi connectivity index (χ1) is 11.7. The summed E-state index contributed by atoms with van der Waals surface area (Å²) in [5.41, 5.74) is 5.01. The molecule has 1 heterocycles. The van der Waals surface area contributed by atoms with Crippen molar-refractivity contribution in [2.75, 3.05) is 11.9 Å². The average Bonchev–Trinajstić information content (AvgIpc) is 2.78. The van der Waals surface area contributed by atoms with Crippen LogP contribution in [0.4, 0.5) is 5.69 Å². The van der Waals surface area contributed by atoms with Crippen molar-refractivity contribution in [2.45, 2.75) is 40.7 Å². The zero-order valence-corrected chi connectivity index (χ0v) is 15.2. The predicted molar refractivity (Wildman–Crippen MR) is 95.7 cm³/mol. The van der Waals surface area contributed by atoms with E-state index in [4.69, 9.17) is 4.74 Å². The lowest BCUT2D eigenvalue weighted by molar-refractivity contribution is -0.119. The number of aromatic nitrogens is 1. The van der Waals surface area contributed by atoms with E-state index in [0.29, 0.717) is 22.5 Å². The van der Waals surface area contributed by atoms with E-state index in [1.807, 2.05) is 32.0 Å². The molecule has 0 unspecified atom stereocenters. The predicted octanol–water partition coefficient (Wildman–Crippen LogP) is 3.10. The maximum absolute atomic E-state index is 12.2. The standard InChI is InChI=1S/C19H24N2O4/c1-10-6-11(2)8-15(7-10)21-16(23)9-25-19(24)18-12(3)17(14(5)22)13(4)20-18/h6-8,14,20,22H,9H2,1-5H3,(H,21,23)/t14-/m1/s1. The molecule has 0 saturated carbocycles. The van der Waals surface area contributed by atoms with Crippen molar-refractivity contribution in [3.8, 4) is 0 Å². The van der Waals surface area contributed by atoms with Crippen molar-refractivity contribution in [2.24, 2.45) is 0 Å². The third-order valence-corrected chi connectivity index (χ3v) is 3.96. The van der Waals surface area contributed by atoms with Gasteiger partial charge in [-0.3, -0.25) is 4.79 Å². The maximum atomic E-state index is 12.2. The van der Waals surface area contributed by atoms with Crippen molar-refractivity contribution in [1.82, 2.24) is 4.98 Å². The summed E-state index contributed by atoms with van der Waals surface area (Å²) in [4.78, 5) is 27.1. The number of aliphatic hydroxyl groups excluding tert-OH is 1. The summed E-state index contributed by atoms with van der Waals surface area (Å²) in [6.45, 7) is 8.65. The lowest BCUT2D eigenvalue weighted by atomic mass is 10.1. The summed E-state index contributed by atoms with van der Waals surface area (Å²) < 4.78 is 5.09. The summed E-state index contributed by atoms with van der Waals surface area (Å²) in [5.74, 6) is -1.03. The fourth-order valence-corrected chi connectivity index (χ4v) is 3.04. The SMILES string of the molecule is Cc1cc(C)cc(NC(=O)COC(=O)c2[nH]c(C)c([C@@H](C)O)c2C)c1. The van der Waals surface area contributed by atoms with Gasteiger partial charge in [0.1, 0.15) is 5.69 Å². The number of aryl methyl sites for hydroxylation is 3. The topological polar surface area (TPSA) is 91.4 Å². The van der Waals surface area contributed by atoms with E-state index in [1.54, 1.807) is 20.8 Å². The Morgan fingerprint density at radius 3 is 2.28 bits per heavy atom. The number of carbonyl (C=O) groups is 2. The van der Waals surface area contributed by atoms with Crippen molar-refractivity contribution in [3.05, 3.63) is 51.8 Å². The molecule has 2 rings (SSSR count). The summed E-state index contributed by atoms with van der Waals surface area (Å²) in [6.07, 6.45) is -0.689. The van der Waals surface area contributed by atoms with E-state index in [9.17, 15) is 14.7 Å². The largest absolute Gasteiger partial charge is 0.451 e. The van der Waals surface area contributed by atoms with Crippen LogP contribution < -0.4 is 5.32 Å². The van der Waals surface area contributed by atoms with Crippen LogP contribution in [0.3, 0.4) is 0 Å². The van der Waals surface area contributed by atoms with E-state index < -0.39 is 18.0 Å². The van der Waals surface area contributed by atoms with Gasteiger partial charge in [-0.2, -0.15) is 0 Å². The van der Waals surface area contributed by atoms with Gasteiger partial charge in [0.2, 0.25) is 0 Å². The molecule has 0 radical (unpaired) electrons. The number of ether oxygens (including phenoxy) is 1. The molecule has 2 aromatic rings. The van der Waals surface area contributed by atoms with Crippen LogP contribution in [0.15, 0.2) is 18.2 Å². The van der Waals surface area contributed by atoms with Crippen molar-refractivity contribution in [3.63, 3.8) is 0 Å². The van der Waals surface area contributed by atoms with Gasteiger partial charge < -0.3 is 20.1 Å². The molecule has 6 heteroatoms. The lowest BCUT2D eigenvalue weighted by Crippen LogP contribution is -2.21. The lowest BCUT2D eigenvalue weighted by Gasteiger charge is -2.08. The third-order valence-electron chi connectivity index (χ3n) is 3.96. The van der Waals surface area contributed by atoms with Gasteiger partial charge in [-0.05, 0) is 63.4 Å².